The van der Waals surface area contributed by atoms with Crippen molar-refractivity contribution in [3.05, 3.63) is 35.4 Å². The predicted molar refractivity (Wildman–Crippen MR) is 84.0 cm³/mol. The molecule has 0 spiro atoms. The van der Waals surface area contributed by atoms with Crippen LogP contribution in [-0.4, -0.2) is 48.3 Å². The van der Waals surface area contributed by atoms with Gasteiger partial charge in [-0.15, -0.1) is 0 Å². The van der Waals surface area contributed by atoms with Gasteiger partial charge in [0.25, 0.3) is 0 Å². The largest absolute Gasteiger partial charge is 0.395 e. The van der Waals surface area contributed by atoms with E-state index in [4.69, 9.17) is 5.11 Å². The van der Waals surface area contributed by atoms with Crippen LogP contribution >= 0.6 is 0 Å². The molecular formula is C17H28N2O. The highest BCUT2D eigenvalue weighted by Gasteiger charge is 2.43. The number of benzene rings is 1. The maximum atomic E-state index is 8.95. The summed E-state index contributed by atoms with van der Waals surface area (Å²) in [6, 6.07) is 9.35. The van der Waals surface area contributed by atoms with Gasteiger partial charge in [0.2, 0.25) is 0 Å². The van der Waals surface area contributed by atoms with Crippen LogP contribution in [0.1, 0.15) is 30.9 Å². The van der Waals surface area contributed by atoms with Crippen molar-refractivity contribution in [1.29, 1.82) is 0 Å². The molecule has 20 heavy (non-hydrogen) atoms. The highest BCUT2D eigenvalue weighted by molar-refractivity contribution is 5.25. The van der Waals surface area contributed by atoms with Gasteiger partial charge in [0.05, 0.1) is 6.61 Å². The number of aryl methyl sites for hydroxylation is 1. The molecule has 2 N–H and O–H groups in total. The molecule has 1 saturated carbocycles. The summed E-state index contributed by atoms with van der Waals surface area (Å²) in [4.78, 5) is 2.18. The standard InChI is InChI=1S/C17H28N2O/c1-14-4-6-16(7-5-14)12-17(8-9-17)18-15(2)13-19(3)10-11-20/h4-7,15,18,20H,8-13H2,1-3H3. The van der Waals surface area contributed by atoms with Crippen molar-refractivity contribution in [3.8, 4) is 0 Å². The molecule has 1 atom stereocenters. The van der Waals surface area contributed by atoms with Crippen molar-refractivity contribution in [2.75, 3.05) is 26.7 Å². The fourth-order valence-electron chi connectivity index (χ4n) is 2.92. The average molecular weight is 276 g/mol. The van der Waals surface area contributed by atoms with Gasteiger partial charge >= 0.3 is 0 Å². The topological polar surface area (TPSA) is 35.5 Å². The van der Waals surface area contributed by atoms with Gasteiger partial charge in [-0.05, 0) is 45.7 Å². The van der Waals surface area contributed by atoms with Crippen LogP contribution in [0.2, 0.25) is 0 Å². The predicted octanol–water partition coefficient (Wildman–Crippen LogP) is 1.97. The molecule has 1 unspecified atom stereocenters. The Hall–Kier alpha value is -0.900. The maximum absolute atomic E-state index is 8.95. The first-order valence-corrected chi connectivity index (χ1v) is 7.66. The molecule has 1 fully saturated rings. The molecule has 1 aliphatic carbocycles. The summed E-state index contributed by atoms with van der Waals surface area (Å²) in [5.74, 6) is 0. The van der Waals surface area contributed by atoms with Crippen LogP contribution in [0.4, 0.5) is 0 Å². The molecule has 1 aliphatic rings. The lowest BCUT2D eigenvalue weighted by Crippen LogP contribution is -2.45. The Morgan fingerprint density at radius 3 is 2.50 bits per heavy atom. The Morgan fingerprint density at radius 2 is 1.95 bits per heavy atom. The van der Waals surface area contributed by atoms with E-state index in [1.54, 1.807) is 0 Å². The number of rotatable bonds is 8. The van der Waals surface area contributed by atoms with Gasteiger partial charge in [-0.25, -0.2) is 0 Å². The van der Waals surface area contributed by atoms with Gasteiger partial charge in [0.1, 0.15) is 0 Å². The number of likely N-dealkylation sites (N-methyl/N-ethyl adjacent to an activating group) is 1. The summed E-state index contributed by atoms with van der Waals surface area (Å²) < 4.78 is 0. The van der Waals surface area contributed by atoms with E-state index in [0.29, 0.717) is 11.6 Å². The third-order valence-corrected chi connectivity index (χ3v) is 4.14. The van der Waals surface area contributed by atoms with Crippen LogP contribution < -0.4 is 5.32 Å². The van der Waals surface area contributed by atoms with Crippen molar-refractivity contribution in [3.63, 3.8) is 0 Å². The van der Waals surface area contributed by atoms with E-state index in [1.807, 2.05) is 0 Å². The van der Waals surface area contributed by atoms with Crippen molar-refractivity contribution >= 4 is 0 Å². The molecule has 0 saturated heterocycles. The molecule has 0 bridgehead atoms. The van der Waals surface area contributed by atoms with E-state index in [9.17, 15) is 0 Å². The van der Waals surface area contributed by atoms with Gasteiger partial charge in [-0.1, -0.05) is 29.8 Å². The third-order valence-electron chi connectivity index (χ3n) is 4.14. The number of nitrogens with zero attached hydrogens (tertiary/aromatic N) is 1. The smallest absolute Gasteiger partial charge is 0.0558 e. The lowest BCUT2D eigenvalue weighted by molar-refractivity contribution is 0.206. The molecule has 1 aromatic carbocycles. The monoisotopic (exact) mass is 276 g/mol. The van der Waals surface area contributed by atoms with Gasteiger partial charge < -0.3 is 15.3 Å². The lowest BCUT2D eigenvalue weighted by Gasteiger charge is -2.26. The van der Waals surface area contributed by atoms with Crippen LogP contribution in [0.5, 0.6) is 0 Å². The van der Waals surface area contributed by atoms with Crippen molar-refractivity contribution < 1.29 is 5.11 Å². The Labute approximate surface area is 123 Å². The SMILES string of the molecule is Cc1ccc(CC2(NC(C)CN(C)CCO)CC2)cc1. The Balaban J connectivity index is 1.83. The van der Waals surface area contributed by atoms with E-state index in [1.165, 1.54) is 24.0 Å². The minimum Gasteiger partial charge on any atom is -0.395 e. The first kappa shape index (κ1) is 15.5. The van der Waals surface area contributed by atoms with E-state index < -0.39 is 0 Å². The molecule has 3 nitrogen and oxygen atoms in total. The van der Waals surface area contributed by atoms with Gasteiger partial charge in [0.15, 0.2) is 0 Å². The zero-order valence-electron chi connectivity index (χ0n) is 13.0. The number of nitrogens with one attached hydrogen (secondary N) is 1. The second kappa shape index (κ2) is 6.70. The van der Waals surface area contributed by atoms with E-state index in [-0.39, 0.29) is 6.61 Å². The van der Waals surface area contributed by atoms with Crippen molar-refractivity contribution in [2.45, 2.75) is 44.7 Å². The molecule has 0 amide bonds. The number of aliphatic hydroxyl groups excluding tert-OH is 1. The number of aliphatic hydroxyl groups is 1. The van der Waals surface area contributed by atoms with Crippen LogP contribution in [0.3, 0.4) is 0 Å². The van der Waals surface area contributed by atoms with E-state index in [2.05, 4.69) is 55.4 Å². The number of hydrogen-bond donors (Lipinski definition) is 2. The van der Waals surface area contributed by atoms with Crippen LogP contribution in [0.15, 0.2) is 24.3 Å². The quantitative estimate of drug-likeness (QED) is 0.762. The summed E-state index contributed by atoms with van der Waals surface area (Å²) >= 11 is 0. The highest BCUT2D eigenvalue weighted by Crippen LogP contribution is 2.39. The molecule has 0 radical (unpaired) electrons. The van der Waals surface area contributed by atoms with Gasteiger partial charge in [-0.2, -0.15) is 0 Å². The molecule has 2 rings (SSSR count). The van der Waals surface area contributed by atoms with Crippen LogP contribution in [-0.2, 0) is 6.42 Å². The van der Waals surface area contributed by atoms with Crippen LogP contribution in [0.25, 0.3) is 0 Å². The minimum atomic E-state index is 0.234. The zero-order valence-corrected chi connectivity index (χ0v) is 13.0. The summed E-state index contributed by atoms with van der Waals surface area (Å²) in [6.45, 7) is 6.34. The molecule has 0 aliphatic heterocycles. The molecule has 0 aromatic heterocycles. The molecule has 3 heteroatoms. The molecule has 1 aromatic rings. The summed E-state index contributed by atoms with van der Waals surface area (Å²) in [5, 5.41) is 12.7. The second-order valence-corrected chi connectivity index (χ2v) is 6.47. The fourth-order valence-corrected chi connectivity index (χ4v) is 2.92. The summed E-state index contributed by atoms with van der Waals surface area (Å²) in [7, 11) is 2.06. The zero-order chi connectivity index (χ0) is 14.6. The number of hydrogen-bond acceptors (Lipinski definition) is 3. The first-order chi connectivity index (χ1) is 9.53. The normalized spacial score (nSPS) is 18.2. The summed E-state index contributed by atoms with van der Waals surface area (Å²) in [5.41, 5.74) is 3.07. The third kappa shape index (κ3) is 4.58. The maximum Gasteiger partial charge on any atom is 0.0558 e. The Kier molecular flexibility index (Phi) is 5.19. The molecule has 0 heterocycles. The van der Waals surface area contributed by atoms with Crippen LogP contribution in [0, 0.1) is 6.92 Å². The average Bonchev–Trinajstić information content (AvgIpc) is 3.11. The van der Waals surface area contributed by atoms with Crippen molar-refractivity contribution in [1.82, 2.24) is 10.2 Å². The minimum absolute atomic E-state index is 0.234. The second-order valence-electron chi connectivity index (χ2n) is 6.47. The van der Waals surface area contributed by atoms with E-state index >= 15 is 0 Å². The summed E-state index contributed by atoms with van der Waals surface area (Å²) in [6.07, 6.45) is 3.67. The van der Waals surface area contributed by atoms with Gasteiger partial charge in [-0.3, -0.25) is 0 Å². The molecular weight excluding hydrogens is 248 g/mol. The first-order valence-electron chi connectivity index (χ1n) is 7.66. The fraction of sp³-hybridized carbons (Fsp3) is 0.647. The lowest BCUT2D eigenvalue weighted by atomic mass is 10.0. The molecule has 112 valence electrons. The highest BCUT2D eigenvalue weighted by atomic mass is 16.3. The van der Waals surface area contributed by atoms with Crippen molar-refractivity contribution in [2.24, 2.45) is 0 Å². The van der Waals surface area contributed by atoms with Gasteiger partial charge in [0, 0.05) is 24.7 Å². The van der Waals surface area contributed by atoms with E-state index in [0.717, 1.165) is 19.5 Å². The Morgan fingerprint density at radius 1 is 1.30 bits per heavy atom. The Bertz CT molecular complexity index is 412.